The van der Waals surface area contributed by atoms with Crippen LogP contribution in [0.1, 0.15) is 35.8 Å². The molecule has 1 amide bonds. The van der Waals surface area contributed by atoms with Crippen LogP contribution in [0.5, 0.6) is 0 Å². The first kappa shape index (κ1) is 20.1. The molecule has 1 atom stereocenters. The highest BCUT2D eigenvalue weighted by atomic mass is 35.5. The third kappa shape index (κ3) is 4.61. The molecule has 7 heteroatoms. The summed E-state index contributed by atoms with van der Waals surface area (Å²) in [6, 6.07) is 16.5. The number of carbonyl (C=O) groups excluding carboxylic acids is 1. The second-order valence-electron chi connectivity index (χ2n) is 6.19. The standard InChI is InChI=1S/C21H20Cl2N4O/c1-3-27(20(28)17-10-9-16(22)13-18(17)23)19-11-12-24-21(26-19)25-14(2)15-7-5-4-6-8-15/h4-14H,3H2,1-2H3,(H,24,25,26)/t14-/m0/s1. The predicted molar refractivity (Wildman–Crippen MR) is 114 cm³/mol. The highest BCUT2D eigenvalue weighted by Crippen LogP contribution is 2.25. The van der Waals surface area contributed by atoms with Gasteiger partial charge in [-0.15, -0.1) is 0 Å². The molecule has 1 N–H and O–H groups in total. The molecule has 2 aromatic carbocycles. The SMILES string of the molecule is CCN(C(=O)c1ccc(Cl)cc1Cl)c1ccnc(N[C@@H](C)c2ccccc2)n1. The maximum Gasteiger partial charge on any atom is 0.260 e. The van der Waals surface area contributed by atoms with Crippen molar-refractivity contribution in [3.05, 3.63) is 82.0 Å². The van der Waals surface area contributed by atoms with Gasteiger partial charge in [0.1, 0.15) is 5.82 Å². The van der Waals surface area contributed by atoms with Gasteiger partial charge in [-0.1, -0.05) is 53.5 Å². The quantitative estimate of drug-likeness (QED) is 0.568. The van der Waals surface area contributed by atoms with Crippen LogP contribution >= 0.6 is 23.2 Å². The zero-order chi connectivity index (χ0) is 20.1. The molecular formula is C21H20Cl2N4O. The molecule has 0 saturated heterocycles. The molecule has 0 radical (unpaired) electrons. The fraction of sp³-hybridized carbons (Fsp3) is 0.190. The molecule has 3 rings (SSSR count). The summed E-state index contributed by atoms with van der Waals surface area (Å²) in [5.41, 5.74) is 1.49. The fourth-order valence-corrected chi connectivity index (χ4v) is 3.30. The Balaban J connectivity index is 1.83. The van der Waals surface area contributed by atoms with Crippen molar-refractivity contribution < 1.29 is 4.79 Å². The van der Waals surface area contributed by atoms with Crippen LogP contribution in [0.25, 0.3) is 0 Å². The van der Waals surface area contributed by atoms with Crippen molar-refractivity contribution in [1.29, 1.82) is 0 Å². The van der Waals surface area contributed by atoms with E-state index in [2.05, 4.69) is 15.3 Å². The Labute approximate surface area is 174 Å². The molecule has 0 fully saturated rings. The minimum atomic E-state index is -0.245. The molecule has 0 saturated carbocycles. The highest BCUT2D eigenvalue weighted by molar-refractivity contribution is 6.37. The fourth-order valence-electron chi connectivity index (χ4n) is 2.81. The lowest BCUT2D eigenvalue weighted by Crippen LogP contribution is -2.32. The summed E-state index contributed by atoms with van der Waals surface area (Å²) in [5, 5.41) is 4.06. The minimum Gasteiger partial charge on any atom is -0.348 e. The van der Waals surface area contributed by atoms with Crippen LogP contribution < -0.4 is 10.2 Å². The molecule has 5 nitrogen and oxygen atoms in total. The Morgan fingerprint density at radius 1 is 1.14 bits per heavy atom. The van der Waals surface area contributed by atoms with E-state index < -0.39 is 0 Å². The normalized spacial score (nSPS) is 11.7. The second kappa shape index (κ2) is 9.04. The number of amides is 1. The van der Waals surface area contributed by atoms with E-state index in [1.54, 1.807) is 35.4 Å². The van der Waals surface area contributed by atoms with Gasteiger partial charge in [0.05, 0.1) is 16.6 Å². The van der Waals surface area contributed by atoms with Crippen LogP contribution in [0.3, 0.4) is 0 Å². The number of rotatable bonds is 6. The minimum absolute atomic E-state index is 0.0212. The third-order valence-corrected chi connectivity index (χ3v) is 4.83. The summed E-state index contributed by atoms with van der Waals surface area (Å²) >= 11 is 12.1. The molecule has 1 heterocycles. The Kier molecular flexibility index (Phi) is 6.49. The van der Waals surface area contributed by atoms with Crippen LogP contribution in [-0.4, -0.2) is 22.4 Å². The molecule has 0 bridgehead atoms. The van der Waals surface area contributed by atoms with Gasteiger partial charge in [0.15, 0.2) is 0 Å². The molecule has 1 aromatic heterocycles. The Morgan fingerprint density at radius 2 is 1.89 bits per heavy atom. The molecule has 3 aromatic rings. The Hall–Kier alpha value is -2.63. The highest BCUT2D eigenvalue weighted by Gasteiger charge is 2.20. The maximum absolute atomic E-state index is 13.0. The molecule has 0 aliphatic carbocycles. The zero-order valence-corrected chi connectivity index (χ0v) is 17.1. The van der Waals surface area contributed by atoms with Crippen molar-refractivity contribution in [3.8, 4) is 0 Å². The first-order valence-electron chi connectivity index (χ1n) is 8.91. The number of halogens is 2. The summed E-state index contributed by atoms with van der Waals surface area (Å²) in [6.07, 6.45) is 1.63. The zero-order valence-electron chi connectivity index (χ0n) is 15.6. The lowest BCUT2D eigenvalue weighted by molar-refractivity contribution is 0.0987. The van der Waals surface area contributed by atoms with Gasteiger partial charge in [-0.3, -0.25) is 9.69 Å². The van der Waals surface area contributed by atoms with Crippen molar-refractivity contribution in [1.82, 2.24) is 9.97 Å². The van der Waals surface area contributed by atoms with E-state index in [1.807, 2.05) is 44.2 Å². The van der Waals surface area contributed by atoms with E-state index in [1.165, 1.54) is 0 Å². The number of carbonyl (C=O) groups is 1. The van der Waals surface area contributed by atoms with Crippen LogP contribution in [0, 0.1) is 0 Å². The molecule has 0 aliphatic rings. The van der Waals surface area contributed by atoms with E-state index in [9.17, 15) is 4.79 Å². The average molecular weight is 415 g/mol. The monoisotopic (exact) mass is 414 g/mol. The summed E-state index contributed by atoms with van der Waals surface area (Å²) in [7, 11) is 0. The molecule has 28 heavy (non-hydrogen) atoms. The van der Waals surface area contributed by atoms with Crippen molar-refractivity contribution in [2.45, 2.75) is 19.9 Å². The van der Waals surface area contributed by atoms with E-state index in [0.717, 1.165) is 5.56 Å². The Bertz CT molecular complexity index is 966. The number of nitrogens with zero attached hydrogens (tertiary/aromatic N) is 3. The second-order valence-corrected chi connectivity index (χ2v) is 7.03. The molecule has 0 aliphatic heterocycles. The van der Waals surface area contributed by atoms with Gasteiger partial charge < -0.3 is 5.32 Å². The topological polar surface area (TPSA) is 58.1 Å². The predicted octanol–water partition coefficient (Wildman–Crippen LogP) is 5.62. The largest absolute Gasteiger partial charge is 0.348 e. The van der Waals surface area contributed by atoms with Gasteiger partial charge in [-0.2, -0.15) is 4.98 Å². The smallest absolute Gasteiger partial charge is 0.260 e. The number of hydrogen-bond donors (Lipinski definition) is 1. The number of anilines is 2. The van der Waals surface area contributed by atoms with Crippen molar-refractivity contribution in [2.75, 3.05) is 16.8 Å². The summed E-state index contributed by atoms with van der Waals surface area (Å²) in [5.74, 6) is 0.698. The van der Waals surface area contributed by atoms with Crippen LogP contribution in [0.4, 0.5) is 11.8 Å². The van der Waals surface area contributed by atoms with Gasteiger partial charge in [-0.25, -0.2) is 4.98 Å². The summed E-state index contributed by atoms with van der Waals surface area (Å²) in [6.45, 7) is 4.34. The molecule has 0 spiro atoms. The van der Waals surface area contributed by atoms with Gasteiger partial charge in [-0.05, 0) is 43.7 Å². The number of hydrogen-bond acceptors (Lipinski definition) is 4. The maximum atomic E-state index is 13.0. The van der Waals surface area contributed by atoms with Crippen molar-refractivity contribution in [2.24, 2.45) is 0 Å². The van der Waals surface area contributed by atoms with Crippen LogP contribution in [-0.2, 0) is 0 Å². The van der Waals surface area contributed by atoms with Crippen LogP contribution in [0.2, 0.25) is 10.0 Å². The van der Waals surface area contributed by atoms with Gasteiger partial charge in [0, 0.05) is 17.8 Å². The molecule has 144 valence electrons. The van der Waals surface area contributed by atoms with E-state index in [-0.39, 0.29) is 11.9 Å². The van der Waals surface area contributed by atoms with Crippen molar-refractivity contribution >= 4 is 40.9 Å². The number of aromatic nitrogens is 2. The van der Waals surface area contributed by atoms with E-state index in [4.69, 9.17) is 23.2 Å². The van der Waals surface area contributed by atoms with Crippen LogP contribution in [0.15, 0.2) is 60.8 Å². The van der Waals surface area contributed by atoms with E-state index in [0.29, 0.717) is 33.9 Å². The summed E-state index contributed by atoms with van der Waals surface area (Å²) in [4.78, 5) is 23.3. The first-order chi connectivity index (χ1) is 13.5. The first-order valence-corrected chi connectivity index (χ1v) is 9.66. The van der Waals surface area contributed by atoms with Gasteiger partial charge >= 0.3 is 0 Å². The number of benzene rings is 2. The van der Waals surface area contributed by atoms with Gasteiger partial charge in [0.2, 0.25) is 5.95 Å². The Morgan fingerprint density at radius 3 is 2.57 bits per heavy atom. The van der Waals surface area contributed by atoms with Gasteiger partial charge in [0.25, 0.3) is 5.91 Å². The third-order valence-electron chi connectivity index (χ3n) is 4.29. The molecular weight excluding hydrogens is 395 g/mol. The molecule has 0 unspecified atom stereocenters. The lowest BCUT2D eigenvalue weighted by atomic mass is 10.1. The number of nitrogens with one attached hydrogen (secondary N) is 1. The van der Waals surface area contributed by atoms with E-state index >= 15 is 0 Å². The lowest BCUT2D eigenvalue weighted by Gasteiger charge is -2.21. The average Bonchev–Trinajstić information content (AvgIpc) is 2.69. The van der Waals surface area contributed by atoms with Crippen molar-refractivity contribution in [3.63, 3.8) is 0 Å². The summed E-state index contributed by atoms with van der Waals surface area (Å²) < 4.78 is 0.